The minimum absolute atomic E-state index is 0. The van der Waals surface area contributed by atoms with Gasteiger partial charge in [0.05, 0.1) is 7.11 Å². The molecule has 3 aromatic carbocycles. The van der Waals surface area contributed by atoms with E-state index in [2.05, 4.69) is 16.4 Å². The van der Waals surface area contributed by atoms with Crippen LogP contribution in [0.2, 0.25) is 0 Å². The highest BCUT2D eigenvalue weighted by Gasteiger charge is 2.33. The van der Waals surface area contributed by atoms with Crippen molar-refractivity contribution < 1.29 is 49.0 Å². The zero-order valence-corrected chi connectivity index (χ0v) is 24.6. The summed E-state index contributed by atoms with van der Waals surface area (Å²) in [5.74, 6) is 0.798. The molecule has 0 spiro atoms. The van der Waals surface area contributed by atoms with E-state index in [4.69, 9.17) is 9.47 Å². The lowest BCUT2D eigenvalue weighted by atomic mass is 9.94. The van der Waals surface area contributed by atoms with Crippen LogP contribution in [0.25, 0.3) is 10.8 Å². The van der Waals surface area contributed by atoms with Crippen LogP contribution in [0.1, 0.15) is 26.3 Å². The molecule has 3 aromatic rings. The molecule has 2 heterocycles. The van der Waals surface area contributed by atoms with Gasteiger partial charge in [-0.25, -0.2) is 0 Å². The molecular weight excluding hydrogens is 565 g/mol. The Bertz CT molecular complexity index is 1330. The average molecular weight is 601 g/mol. The largest absolute Gasteiger partial charge is 1.00 e. The quantitative estimate of drug-likeness (QED) is 0.189. The molecule has 0 radical (unpaired) electrons. The van der Waals surface area contributed by atoms with Crippen LogP contribution in [0, 0.1) is 0 Å². The maximum atomic E-state index is 13.1. The van der Waals surface area contributed by atoms with E-state index in [1.54, 1.807) is 19.2 Å². The van der Waals surface area contributed by atoms with Crippen LogP contribution in [0.3, 0.4) is 0 Å². The van der Waals surface area contributed by atoms with Gasteiger partial charge < -0.3 is 39.4 Å². The summed E-state index contributed by atoms with van der Waals surface area (Å²) in [6.45, 7) is 8.60. The van der Waals surface area contributed by atoms with Crippen molar-refractivity contribution in [3.8, 4) is 11.5 Å². The second kappa shape index (κ2) is 14.7. The maximum Gasteiger partial charge on any atom is 0.261 e. The molecule has 1 N–H and O–H groups in total. The van der Waals surface area contributed by atoms with E-state index in [9.17, 15) is 14.7 Å². The van der Waals surface area contributed by atoms with Crippen LogP contribution in [0.4, 0.5) is 0 Å². The highest BCUT2D eigenvalue weighted by molar-refractivity contribution is 6.25. The molecule has 0 aliphatic carbocycles. The first kappa shape index (κ1) is 32.4. The molecule has 220 valence electrons. The van der Waals surface area contributed by atoms with Crippen LogP contribution in [-0.2, 0) is 6.42 Å². The molecule has 1 fully saturated rings. The fourth-order valence-corrected chi connectivity index (χ4v) is 5.38. The third kappa shape index (κ3) is 7.20. The highest BCUT2D eigenvalue weighted by atomic mass is 35.5. The fourth-order valence-electron chi connectivity index (χ4n) is 5.38. The summed E-state index contributed by atoms with van der Waals surface area (Å²) in [7, 11) is 1.60. The van der Waals surface area contributed by atoms with Crippen molar-refractivity contribution in [2.75, 3.05) is 59.5 Å². The standard InChI is InChI=1S/C31H35N3O5.2ClH/c1-3-6-22-11-12-27(28(19-22)38-2)39-21-24(35)20-33-15-13-32(14-16-33)17-18-34-30(36)25-9-4-7-23-8-5-10-26(29(23)25)31(34)37;;/h3-5,7-12,19,24,35H,1,6,13-18,20-21H2,2H3;2*1H/p-2. The van der Waals surface area contributed by atoms with Crippen molar-refractivity contribution in [2.45, 2.75) is 12.5 Å². The molecule has 0 bridgehead atoms. The predicted octanol–water partition coefficient (Wildman–Crippen LogP) is -2.76. The summed E-state index contributed by atoms with van der Waals surface area (Å²) in [5.41, 5.74) is 2.27. The van der Waals surface area contributed by atoms with Crippen molar-refractivity contribution in [3.05, 3.63) is 83.9 Å². The number of benzene rings is 3. The van der Waals surface area contributed by atoms with Gasteiger partial charge >= 0.3 is 0 Å². The number of halogens is 2. The van der Waals surface area contributed by atoms with Gasteiger partial charge in [0.1, 0.15) is 12.7 Å². The number of methoxy groups -OCH3 is 1. The van der Waals surface area contributed by atoms with Crippen molar-refractivity contribution in [1.29, 1.82) is 0 Å². The summed E-state index contributed by atoms with van der Waals surface area (Å²) < 4.78 is 11.3. The van der Waals surface area contributed by atoms with Crippen LogP contribution >= 0.6 is 0 Å². The number of β-amino-alcohol motifs (C(OH)–C–C–N with tert-alkyl or cyclic N) is 1. The first-order chi connectivity index (χ1) is 19.0. The first-order valence-corrected chi connectivity index (χ1v) is 13.4. The Kier molecular flexibility index (Phi) is 11.6. The number of aliphatic hydroxyl groups is 1. The average Bonchev–Trinajstić information content (AvgIpc) is 2.96. The molecule has 1 unspecified atom stereocenters. The number of amides is 2. The Hall–Kier alpha value is -3.14. The zero-order valence-electron chi connectivity index (χ0n) is 23.1. The van der Waals surface area contributed by atoms with Gasteiger partial charge in [-0.05, 0) is 41.6 Å². The van der Waals surface area contributed by atoms with E-state index in [0.29, 0.717) is 42.3 Å². The molecule has 2 aliphatic heterocycles. The molecule has 2 amide bonds. The zero-order chi connectivity index (χ0) is 27.4. The summed E-state index contributed by atoms with van der Waals surface area (Å²) in [6.07, 6.45) is 1.95. The van der Waals surface area contributed by atoms with E-state index in [0.717, 1.165) is 48.9 Å². The van der Waals surface area contributed by atoms with Crippen molar-refractivity contribution >= 4 is 22.6 Å². The lowest BCUT2D eigenvalue weighted by Gasteiger charge is -2.36. The van der Waals surface area contributed by atoms with Crippen LogP contribution in [-0.4, -0.2) is 97.3 Å². The van der Waals surface area contributed by atoms with Crippen LogP contribution in [0.15, 0.2) is 67.3 Å². The fraction of sp³-hybridized carbons (Fsp3) is 0.355. The number of nitrogens with zero attached hydrogens (tertiary/aromatic N) is 3. The summed E-state index contributed by atoms with van der Waals surface area (Å²) >= 11 is 0. The van der Waals surface area contributed by atoms with Gasteiger partial charge in [0.2, 0.25) is 0 Å². The first-order valence-electron chi connectivity index (χ1n) is 13.4. The number of rotatable bonds is 11. The second-order valence-corrected chi connectivity index (χ2v) is 10.1. The van der Waals surface area contributed by atoms with Gasteiger partial charge in [-0.15, -0.1) is 6.58 Å². The molecule has 5 rings (SSSR count). The molecule has 2 aliphatic rings. The minimum atomic E-state index is -0.638. The maximum absolute atomic E-state index is 13.1. The number of aliphatic hydroxyl groups excluding tert-OH is 1. The Labute approximate surface area is 253 Å². The van der Waals surface area contributed by atoms with Gasteiger partial charge in [-0.2, -0.15) is 0 Å². The molecule has 1 saturated heterocycles. The van der Waals surface area contributed by atoms with E-state index < -0.39 is 6.10 Å². The van der Waals surface area contributed by atoms with Crippen molar-refractivity contribution in [1.82, 2.24) is 14.7 Å². The third-order valence-electron chi connectivity index (χ3n) is 7.47. The lowest BCUT2D eigenvalue weighted by molar-refractivity contribution is -0.001000. The summed E-state index contributed by atoms with van der Waals surface area (Å²) in [6, 6.07) is 16.9. The number of ether oxygens (including phenoxy) is 2. The van der Waals surface area contributed by atoms with Gasteiger partial charge in [0, 0.05) is 62.3 Å². The molecule has 8 nitrogen and oxygen atoms in total. The number of carbonyl (C=O) groups excluding carboxylic acids is 2. The molecule has 10 heteroatoms. The normalized spacial score (nSPS) is 16.1. The molecular formula is C31H35Cl2N3O5-2. The molecule has 0 saturated carbocycles. The van der Waals surface area contributed by atoms with Crippen LogP contribution in [0.5, 0.6) is 11.5 Å². The smallest absolute Gasteiger partial charge is 0.261 e. The summed E-state index contributed by atoms with van der Waals surface area (Å²) in [4.78, 5) is 32.1. The molecule has 41 heavy (non-hydrogen) atoms. The van der Waals surface area contributed by atoms with Gasteiger partial charge in [0.25, 0.3) is 11.8 Å². The Balaban J connectivity index is 0.00000231. The number of piperazine rings is 1. The molecule has 1 atom stereocenters. The van der Waals surface area contributed by atoms with Gasteiger partial charge in [-0.3, -0.25) is 24.3 Å². The van der Waals surface area contributed by atoms with Crippen molar-refractivity contribution in [2.24, 2.45) is 0 Å². The second-order valence-electron chi connectivity index (χ2n) is 10.1. The van der Waals surface area contributed by atoms with Gasteiger partial charge in [0.15, 0.2) is 11.5 Å². The number of hydrogen-bond donors (Lipinski definition) is 1. The molecule has 0 aromatic heterocycles. The predicted molar refractivity (Wildman–Crippen MR) is 151 cm³/mol. The minimum Gasteiger partial charge on any atom is -1.00 e. The number of carbonyl (C=O) groups is 2. The Morgan fingerprint density at radius 3 is 2.15 bits per heavy atom. The van der Waals surface area contributed by atoms with E-state index in [-0.39, 0.29) is 43.2 Å². The van der Waals surface area contributed by atoms with Gasteiger partial charge in [-0.1, -0.05) is 36.4 Å². The Morgan fingerprint density at radius 1 is 0.902 bits per heavy atom. The number of imide groups is 1. The highest BCUT2D eigenvalue weighted by Crippen LogP contribution is 2.30. The SMILES string of the molecule is C=CCc1ccc(OCC(O)CN2CCN(CCN3C(=O)c4cccc5cccc(c45)C3=O)CC2)c(OC)c1.[Cl-].[Cl-]. The van der Waals surface area contributed by atoms with E-state index in [1.807, 2.05) is 48.5 Å². The van der Waals surface area contributed by atoms with Crippen LogP contribution < -0.4 is 34.3 Å². The van der Waals surface area contributed by atoms with Crippen molar-refractivity contribution in [3.63, 3.8) is 0 Å². The Morgan fingerprint density at radius 2 is 1.54 bits per heavy atom. The van der Waals surface area contributed by atoms with E-state index in [1.165, 1.54) is 4.90 Å². The third-order valence-corrected chi connectivity index (χ3v) is 7.47. The topological polar surface area (TPSA) is 82.6 Å². The monoisotopic (exact) mass is 599 g/mol. The summed E-state index contributed by atoms with van der Waals surface area (Å²) in [5, 5.41) is 12.3. The van der Waals surface area contributed by atoms with E-state index >= 15 is 0 Å². The number of hydrogen-bond acceptors (Lipinski definition) is 7. The number of allylic oxidation sites excluding steroid dienone is 1. The lowest BCUT2D eigenvalue weighted by Crippen LogP contribution is -3.00.